The third-order valence-corrected chi connectivity index (χ3v) is 2.72. The standard InChI is InChI=1S/C12H18N2/c1-2-3-9-14-10-8-13-11-6-4-5-7-12(11)14/h4-7,13H,2-3,8-10H2,1H3. The van der Waals surface area contributed by atoms with E-state index in [1.807, 2.05) is 0 Å². The molecule has 0 bridgehead atoms. The van der Waals surface area contributed by atoms with Gasteiger partial charge in [-0.1, -0.05) is 25.5 Å². The summed E-state index contributed by atoms with van der Waals surface area (Å²) >= 11 is 0. The molecule has 2 rings (SSSR count). The van der Waals surface area contributed by atoms with Crippen molar-refractivity contribution < 1.29 is 0 Å². The van der Waals surface area contributed by atoms with Gasteiger partial charge in [0.15, 0.2) is 0 Å². The van der Waals surface area contributed by atoms with Crippen LogP contribution in [-0.2, 0) is 0 Å². The van der Waals surface area contributed by atoms with E-state index < -0.39 is 0 Å². The van der Waals surface area contributed by atoms with Gasteiger partial charge in [-0.15, -0.1) is 0 Å². The highest BCUT2D eigenvalue weighted by molar-refractivity contribution is 5.71. The van der Waals surface area contributed by atoms with Crippen molar-refractivity contribution in [3.8, 4) is 0 Å². The molecule has 2 heteroatoms. The number of fused-ring (bicyclic) bond motifs is 1. The van der Waals surface area contributed by atoms with Gasteiger partial charge in [0.25, 0.3) is 0 Å². The minimum atomic E-state index is 1.07. The van der Waals surface area contributed by atoms with Crippen molar-refractivity contribution in [2.24, 2.45) is 0 Å². The number of hydrogen-bond acceptors (Lipinski definition) is 2. The first kappa shape index (κ1) is 9.38. The van der Waals surface area contributed by atoms with Gasteiger partial charge in [0.05, 0.1) is 11.4 Å². The van der Waals surface area contributed by atoms with E-state index in [2.05, 4.69) is 41.4 Å². The SMILES string of the molecule is CCCCN1CCNc2ccccc21. The van der Waals surface area contributed by atoms with Crippen LogP contribution < -0.4 is 10.2 Å². The maximum atomic E-state index is 3.43. The molecule has 14 heavy (non-hydrogen) atoms. The molecule has 2 nitrogen and oxygen atoms in total. The van der Waals surface area contributed by atoms with E-state index in [0.717, 1.165) is 13.1 Å². The van der Waals surface area contributed by atoms with Crippen LogP contribution in [0, 0.1) is 0 Å². The maximum Gasteiger partial charge on any atom is 0.0602 e. The van der Waals surface area contributed by atoms with Gasteiger partial charge in [-0.25, -0.2) is 0 Å². The summed E-state index contributed by atoms with van der Waals surface area (Å²) in [7, 11) is 0. The lowest BCUT2D eigenvalue weighted by atomic mass is 10.2. The molecule has 1 aliphatic rings. The molecule has 0 fully saturated rings. The van der Waals surface area contributed by atoms with Crippen LogP contribution in [0.1, 0.15) is 19.8 Å². The number of nitrogens with one attached hydrogen (secondary N) is 1. The molecule has 1 aliphatic heterocycles. The molecule has 1 aromatic carbocycles. The lowest BCUT2D eigenvalue weighted by molar-refractivity contribution is 0.713. The fourth-order valence-electron chi connectivity index (χ4n) is 1.93. The number of rotatable bonds is 3. The molecule has 0 amide bonds. The number of anilines is 2. The van der Waals surface area contributed by atoms with Gasteiger partial charge in [0.1, 0.15) is 0 Å². The summed E-state index contributed by atoms with van der Waals surface area (Å²) in [5.74, 6) is 0. The molecule has 1 heterocycles. The molecular formula is C12H18N2. The minimum absolute atomic E-state index is 1.07. The van der Waals surface area contributed by atoms with E-state index in [0.29, 0.717) is 0 Å². The van der Waals surface area contributed by atoms with Crippen molar-refractivity contribution in [2.45, 2.75) is 19.8 Å². The quantitative estimate of drug-likeness (QED) is 0.788. The number of nitrogens with zero attached hydrogens (tertiary/aromatic N) is 1. The van der Waals surface area contributed by atoms with Crippen LogP contribution in [0.15, 0.2) is 24.3 Å². The first-order chi connectivity index (χ1) is 6.92. The predicted molar refractivity (Wildman–Crippen MR) is 62.1 cm³/mol. The normalized spacial score (nSPS) is 14.8. The molecule has 1 N–H and O–H groups in total. The molecule has 1 aromatic rings. The molecule has 0 aliphatic carbocycles. The molecule has 0 saturated carbocycles. The van der Waals surface area contributed by atoms with Gasteiger partial charge >= 0.3 is 0 Å². The van der Waals surface area contributed by atoms with Crippen LogP contribution in [0.5, 0.6) is 0 Å². The molecule has 0 saturated heterocycles. The average molecular weight is 190 g/mol. The lowest BCUT2D eigenvalue weighted by Gasteiger charge is -2.31. The topological polar surface area (TPSA) is 15.3 Å². The maximum absolute atomic E-state index is 3.43. The molecular weight excluding hydrogens is 172 g/mol. The Kier molecular flexibility index (Phi) is 2.92. The van der Waals surface area contributed by atoms with Crippen LogP contribution in [-0.4, -0.2) is 19.6 Å². The summed E-state index contributed by atoms with van der Waals surface area (Å²) in [6, 6.07) is 8.57. The highest BCUT2D eigenvalue weighted by Crippen LogP contribution is 2.28. The number of para-hydroxylation sites is 2. The minimum Gasteiger partial charge on any atom is -0.382 e. The zero-order chi connectivity index (χ0) is 9.80. The second-order valence-electron chi connectivity index (χ2n) is 3.78. The van der Waals surface area contributed by atoms with E-state index in [4.69, 9.17) is 0 Å². The lowest BCUT2D eigenvalue weighted by Crippen LogP contribution is -2.34. The van der Waals surface area contributed by atoms with Gasteiger partial charge < -0.3 is 10.2 Å². The van der Waals surface area contributed by atoms with Crippen molar-refractivity contribution >= 4 is 11.4 Å². The summed E-state index contributed by atoms with van der Waals surface area (Å²) < 4.78 is 0. The van der Waals surface area contributed by atoms with E-state index >= 15 is 0 Å². The fraction of sp³-hybridized carbons (Fsp3) is 0.500. The van der Waals surface area contributed by atoms with Crippen molar-refractivity contribution in [1.82, 2.24) is 0 Å². The summed E-state index contributed by atoms with van der Waals surface area (Å²) in [6.45, 7) is 5.64. The molecule has 0 spiro atoms. The molecule has 0 aromatic heterocycles. The second kappa shape index (κ2) is 4.36. The van der Waals surface area contributed by atoms with Crippen molar-refractivity contribution in [2.75, 3.05) is 29.9 Å². The number of hydrogen-bond donors (Lipinski definition) is 1. The van der Waals surface area contributed by atoms with E-state index in [9.17, 15) is 0 Å². The molecule has 0 unspecified atom stereocenters. The number of benzene rings is 1. The van der Waals surface area contributed by atoms with Gasteiger partial charge in [0, 0.05) is 19.6 Å². The third-order valence-electron chi connectivity index (χ3n) is 2.72. The Hall–Kier alpha value is -1.18. The van der Waals surface area contributed by atoms with Gasteiger partial charge in [-0.05, 0) is 18.6 Å². The summed E-state index contributed by atoms with van der Waals surface area (Å²) in [6.07, 6.45) is 2.56. The van der Waals surface area contributed by atoms with Crippen molar-refractivity contribution in [3.05, 3.63) is 24.3 Å². The van der Waals surface area contributed by atoms with E-state index in [1.165, 1.54) is 30.8 Å². The van der Waals surface area contributed by atoms with Crippen LogP contribution in [0.2, 0.25) is 0 Å². The zero-order valence-electron chi connectivity index (χ0n) is 8.79. The van der Waals surface area contributed by atoms with Crippen LogP contribution in [0.3, 0.4) is 0 Å². The van der Waals surface area contributed by atoms with Crippen LogP contribution in [0.25, 0.3) is 0 Å². The van der Waals surface area contributed by atoms with E-state index in [1.54, 1.807) is 0 Å². The van der Waals surface area contributed by atoms with E-state index in [-0.39, 0.29) is 0 Å². The predicted octanol–water partition coefficient (Wildman–Crippen LogP) is 2.72. The molecule has 76 valence electrons. The molecule has 0 atom stereocenters. The molecule has 0 radical (unpaired) electrons. The second-order valence-corrected chi connectivity index (χ2v) is 3.78. The Balaban J connectivity index is 2.14. The Morgan fingerprint density at radius 2 is 2.21 bits per heavy atom. The summed E-state index contributed by atoms with van der Waals surface area (Å²) in [4.78, 5) is 2.48. The van der Waals surface area contributed by atoms with Gasteiger partial charge in [-0.2, -0.15) is 0 Å². The Morgan fingerprint density at radius 1 is 1.36 bits per heavy atom. The Labute approximate surface area is 85.9 Å². The summed E-state index contributed by atoms with van der Waals surface area (Å²) in [5.41, 5.74) is 2.65. The fourth-order valence-corrected chi connectivity index (χ4v) is 1.93. The van der Waals surface area contributed by atoms with Crippen LogP contribution in [0.4, 0.5) is 11.4 Å². The first-order valence-corrected chi connectivity index (χ1v) is 5.49. The average Bonchev–Trinajstić information content (AvgIpc) is 2.26. The highest BCUT2D eigenvalue weighted by atomic mass is 15.2. The van der Waals surface area contributed by atoms with Gasteiger partial charge in [-0.3, -0.25) is 0 Å². The largest absolute Gasteiger partial charge is 0.382 e. The highest BCUT2D eigenvalue weighted by Gasteiger charge is 2.14. The first-order valence-electron chi connectivity index (χ1n) is 5.49. The zero-order valence-corrected chi connectivity index (χ0v) is 8.79. The smallest absolute Gasteiger partial charge is 0.0602 e. The van der Waals surface area contributed by atoms with Crippen molar-refractivity contribution in [1.29, 1.82) is 0 Å². The van der Waals surface area contributed by atoms with Crippen molar-refractivity contribution in [3.63, 3.8) is 0 Å². The number of unbranched alkanes of at least 4 members (excludes halogenated alkanes) is 1. The summed E-state index contributed by atoms with van der Waals surface area (Å²) in [5, 5.41) is 3.43. The monoisotopic (exact) mass is 190 g/mol. The Morgan fingerprint density at radius 3 is 3.07 bits per heavy atom. The van der Waals surface area contributed by atoms with Crippen LogP contribution >= 0.6 is 0 Å². The van der Waals surface area contributed by atoms with Gasteiger partial charge in [0.2, 0.25) is 0 Å². The third kappa shape index (κ3) is 1.84. The Bertz CT molecular complexity index is 296.